The number of carbonyl (C=O) groups is 3. The fourth-order valence-electron chi connectivity index (χ4n) is 3.89. The first-order valence-corrected chi connectivity index (χ1v) is 12.7. The molecular weight excluding hydrogens is 476 g/mol. The van der Waals surface area contributed by atoms with E-state index < -0.39 is 33.9 Å². The largest absolute Gasteiger partial charge is 0.480 e. The monoisotopic (exact) mass is 498 g/mol. The number of anilines is 1. The third kappa shape index (κ3) is 4.39. The van der Waals surface area contributed by atoms with E-state index in [1.165, 1.54) is 12.1 Å². The number of carboxylic acids is 1. The van der Waals surface area contributed by atoms with Crippen molar-refractivity contribution >= 4 is 44.0 Å². The van der Waals surface area contributed by atoms with Crippen molar-refractivity contribution in [3.05, 3.63) is 82.2 Å². The number of nitrogens with zero attached hydrogens (tertiary/aromatic N) is 1. The van der Waals surface area contributed by atoms with Gasteiger partial charge >= 0.3 is 5.97 Å². The van der Waals surface area contributed by atoms with Gasteiger partial charge in [-0.3, -0.25) is 14.4 Å². The van der Waals surface area contributed by atoms with E-state index in [1.807, 2.05) is 6.07 Å². The average Bonchev–Trinajstić information content (AvgIpc) is 3.30. The topological polar surface area (TPSA) is 121 Å². The van der Waals surface area contributed by atoms with E-state index in [4.69, 9.17) is 0 Å². The number of rotatable bonds is 7. The molecule has 0 saturated heterocycles. The number of thiophene rings is 1. The Hall–Kier alpha value is -3.34. The summed E-state index contributed by atoms with van der Waals surface area (Å²) in [5, 5.41) is 12.5. The number of carboxylic acid groups (broad SMARTS) is 1. The van der Waals surface area contributed by atoms with Gasteiger partial charge in [0.25, 0.3) is 5.91 Å². The second kappa shape index (κ2) is 9.13. The minimum atomic E-state index is -4.00. The number of nitrogens with one attached hydrogen (secondary N) is 1. The molecule has 10 heteroatoms. The van der Waals surface area contributed by atoms with E-state index in [1.54, 1.807) is 56.3 Å². The highest BCUT2D eigenvalue weighted by molar-refractivity contribution is 7.89. The van der Waals surface area contributed by atoms with Crippen molar-refractivity contribution in [2.45, 2.75) is 31.3 Å². The normalized spacial score (nSPS) is 15.6. The fourth-order valence-corrected chi connectivity index (χ4v) is 7.24. The van der Waals surface area contributed by atoms with Crippen LogP contribution in [0.25, 0.3) is 0 Å². The van der Waals surface area contributed by atoms with E-state index in [-0.39, 0.29) is 22.8 Å². The van der Waals surface area contributed by atoms with E-state index in [0.29, 0.717) is 21.0 Å². The molecule has 0 bridgehead atoms. The second-order valence-electron chi connectivity index (χ2n) is 8.21. The molecule has 1 amide bonds. The number of fused-ring (bicyclic) bond motifs is 1. The van der Waals surface area contributed by atoms with Crippen LogP contribution in [0.2, 0.25) is 0 Å². The zero-order valence-electron chi connectivity index (χ0n) is 18.4. The fraction of sp³-hybridized carbons (Fsp3) is 0.208. The molecular formula is C24H22N2O6S2. The van der Waals surface area contributed by atoms with Crippen molar-refractivity contribution in [3.63, 3.8) is 0 Å². The summed E-state index contributed by atoms with van der Waals surface area (Å²) in [7, 11) is -4.00. The van der Waals surface area contributed by atoms with Gasteiger partial charge in [-0.25, -0.2) is 8.42 Å². The van der Waals surface area contributed by atoms with Crippen molar-refractivity contribution < 1.29 is 27.9 Å². The summed E-state index contributed by atoms with van der Waals surface area (Å²) in [6.07, 6.45) is 0. The first kappa shape index (κ1) is 23.8. The van der Waals surface area contributed by atoms with E-state index in [9.17, 15) is 27.9 Å². The van der Waals surface area contributed by atoms with E-state index >= 15 is 0 Å². The first-order valence-electron chi connectivity index (χ1n) is 10.5. The smallest absolute Gasteiger partial charge is 0.322 e. The number of amides is 1. The lowest BCUT2D eigenvalue weighted by Crippen LogP contribution is -2.44. The third-order valence-corrected chi connectivity index (χ3v) is 8.57. The average molecular weight is 499 g/mol. The molecule has 0 spiro atoms. The van der Waals surface area contributed by atoms with E-state index in [2.05, 4.69) is 5.32 Å². The van der Waals surface area contributed by atoms with Crippen LogP contribution in [0.3, 0.4) is 0 Å². The predicted octanol–water partition coefficient (Wildman–Crippen LogP) is 3.84. The Morgan fingerprint density at radius 2 is 1.62 bits per heavy atom. The molecule has 2 heterocycles. The van der Waals surface area contributed by atoms with Gasteiger partial charge in [0.1, 0.15) is 6.04 Å². The number of hydrogen-bond donors (Lipinski definition) is 2. The molecule has 34 heavy (non-hydrogen) atoms. The number of ketones is 1. The van der Waals surface area contributed by atoms with Crippen LogP contribution in [-0.2, 0) is 21.4 Å². The molecule has 0 saturated carbocycles. The van der Waals surface area contributed by atoms with Gasteiger partial charge in [-0.05, 0) is 24.1 Å². The van der Waals surface area contributed by atoms with Gasteiger partial charge in [0.15, 0.2) is 5.78 Å². The van der Waals surface area contributed by atoms with Crippen molar-refractivity contribution in [2.24, 2.45) is 5.92 Å². The number of carbonyl (C=O) groups excluding carboxylic acids is 2. The minimum Gasteiger partial charge on any atom is -0.480 e. The Balaban J connectivity index is 1.54. The second-order valence-corrected chi connectivity index (χ2v) is 11.2. The zero-order valence-corrected chi connectivity index (χ0v) is 20.0. The van der Waals surface area contributed by atoms with Gasteiger partial charge in [0.2, 0.25) is 10.0 Å². The molecule has 0 radical (unpaired) electrons. The van der Waals surface area contributed by atoms with Crippen LogP contribution in [0.1, 0.15) is 45.0 Å². The maximum atomic E-state index is 13.0. The molecule has 1 unspecified atom stereocenters. The molecule has 8 nitrogen and oxygen atoms in total. The summed E-state index contributed by atoms with van der Waals surface area (Å²) in [6, 6.07) is 15.2. The van der Waals surface area contributed by atoms with Crippen LogP contribution in [0.4, 0.5) is 5.00 Å². The molecule has 3 aromatic rings. The lowest BCUT2D eigenvalue weighted by molar-refractivity contribution is -0.143. The van der Waals surface area contributed by atoms with Crippen LogP contribution in [0.5, 0.6) is 0 Å². The minimum absolute atomic E-state index is 0.00714. The Morgan fingerprint density at radius 1 is 0.971 bits per heavy atom. The van der Waals surface area contributed by atoms with Crippen LogP contribution < -0.4 is 5.32 Å². The van der Waals surface area contributed by atoms with Gasteiger partial charge in [0.05, 0.1) is 16.4 Å². The van der Waals surface area contributed by atoms with E-state index in [0.717, 1.165) is 15.6 Å². The van der Waals surface area contributed by atoms with Crippen molar-refractivity contribution in [2.75, 3.05) is 5.32 Å². The Bertz CT molecular complexity index is 1380. The summed E-state index contributed by atoms with van der Waals surface area (Å²) < 4.78 is 26.9. The molecule has 0 fully saturated rings. The summed E-state index contributed by atoms with van der Waals surface area (Å²) in [4.78, 5) is 37.6. The lowest BCUT2D eigenvalue weighted by atomic mass is 10.0. The number of benzene rings is 2. The Labute approximate surface area is 200 Å². The molecule has 0 aliphatic carbocycles. The summed E-state index contributed by atoms with van der Waals surface area (Å²) in [5.74, 6) is -2.31. The quantitative estimate of drug-likeness (QED) is 0.478. The van der Waals surface area contributed by atoms with Crippen molar-refractivity contribution in [1.29, 1.82) is 0 Å². The lowest BCUT2D eigenvalue weighted by Gasteiger charge is -2.25. The van der Waals surface area contributed by atoms with Crippen LogP contribution in [0.15, 0.2) is 65.6 Å². The van der Waals surface area contributed by atoms with Crippen molar-refractivity contribution in [3.8, 4) is 0 Å². The zero-order chi connectivity index (χ0) is 24.6. The molecule has 1 aliphatic heterocycles. The molecule has 4 rings (SSSR count). The van der Waals surface area contributed by atoms with Crippen molar-refractivity contribution in [1.82, 2.24) is 4.31 Å². The third-order valence-electron chi connectivity index (χ3n) is 5.51. The van der Waals surface area contributed by atoms with Gasteiger partial charge < -0.3 is 10.4 Å². The summed E-state index contributed by atoms with van der Waals surface area (Å²) in [6.45, 7) is 3.25. The molecule has 2 N–H and O–H groups in total. The van der Waals surface area contributed by atoms with Crippen LogP contribution in [0, 0.1) is 5.92 Å². The van der Waals surface area contributed by atoms with Crippen LogP contribution >= 0.6 is 11.3 Å². The first-order chi connectivity index (χ1) is 16.1. The van der Waals surface area contributed by atoms with Gasteiger partial charge in [-0.2, -0.15) is 4.31 Å². The number of sulfonamides is 1. The van der Waals surface area contributed by atoms with Crippen LogP contribution in [-0.4, -0.2) is 41.5 Å². The molecule has 1 aliphatic rings. The molecule has 1 atom stereocenters. The number of hydrogen-bond acceptors (Lipinski definition) is 6. The Morgan fingerprint density at radius 3 is 2.24 bits per heavy atom. The maximum absolute atomic E-state index is 13.0. The standard InChI is InChI=1S/C24H22N2O6S2/c1-14(2)21(24(29)30)26-13-18-19(34(26,31)32)12-20(33-18)25-23(28)17-10-6-9-16(11-17)22(27)15-7-4-3-5-8-15/h3-12,14,21H,13H2,1-2H3,(H,25,28)(H,29,30). The maximum Gasteiger partial charge on any atom is 0.322 e. The summed E-state index contributed by atoms with van der Waals surface area (Å²) >= 11 is 1.09. The summed E-state index contributed by atoms with van der Waals surface area (Å²) in [5.41, 5.74) is 1.12. The SMILES string of the molecule is CC(C)C(C(=O)O)N1Cc2sc(NC(=O)c3cccc(C(=O)c4ccccc4)c3)cc2S1(=O)=O. The highest BCUT2D eigenvalue weighted by Crippen LogP contribution is 2.41. The molecule has 2 aromatic carbocycles. The highest BCUT2D eigenvalue weighted by Gasteiger charge is 2.44. The van der Waals surface area contributed by atoms with Gasteiger partial charge in [0, 0.05) is 21.6 Å². The molecule has 1 aromatic heterocycles. The predicted molar refractivity (Wildman–Crippen MR) is 128 cm³/mol. The highest BCUT2D eigenvalue weighted by atomic mass is 32.2. The van der Waals surface area contributed by atoms with Gasteiger partial charge in [-0.1, -0.05) is 56.3 Å². The Kier molecular flexibility index (Phi) is 6.39. The van der Waals surface area contributed by atoms with Gasteiger partial charge in [-0.15, -0.1) is 11.3 Å². The molecule has 176 valence electrons. The number of aliphatic carboxylic acids is 1.